The van der Waals surface area contributed by atoms with Crippen LogP contribution in [0.1, 0.15) is 5.56 Å². The third kappa shape index (κ3) is 2.46. The van der Waals surface area contributed by atoms with Crippen LogP contribution in [0.5, 0.6) is 5.75 Å². The van der Waals surface area contributed by atoms with Crippen molar-refractivity contribution in [1.82, 2.24) is 4.98 Å². The molecule has 0 saturated heterocycles. The summed E-state index contributed by atoms with van der Waals surface area (Å²) >= 11 is 0. The molecule has 0 aliphatic rings. The number of aromatic nitrogens is 1. The Morgan fingerprint density at radius 3 is 2.53 bits per heavy atom. The van der Waals surface area contributed by atoms with E-state index >= 15 is 0 Å². The van der Waals surface area contributed by atoms with Gasteiger partial charge >= 0.3 is 6.36 Å². The molecule has 0 aromatic carbocycles. The maximum absolute atomic E-state index is 13.1. The SMILES string of the molecule is N#Cc1cnc(N)c(OC(F)(F)F)c1F. The van der Waals surface area contributed by atoms with Crippen LogP contribution in [0.2, 0.25) is 0 Å². The number of halogens is 4. The minimum atomic E-state index is -5.09. The number of nitrogen functional groups attached to an aromatic ring is 1. The molecular formula is C7H3F4N3O. The molecule has 0 aliphatic heterocycles. The number of nitrogens with zero attached hydrogens (tertiary/aromatic N) is 2. The molecule has 15 heavy (non-hydrogen) atoms. The van der Waals surface area contributed by atoms with Crippen LogP contribution < -0.4 is 10.5 Å². The predicted molar refractivity (Wildman–Crippen MR) is 40.0 cm³/mol. The molecule has 0 amide bonds. The van der Waals surface area contributed by atoms with Gasteiger partial charge in [0.25, 0.3) is 0 Å². The molecule has 1 heterocycles. The van der Waals surface area contributed by atoms with Gasteiger partial charge in [0.15, 0.2) is 11.6 Å². The summed E-state index contributed by atoms with van der Waals surface area (Å²) in [4.78, 5) is 3.19. The van der Waals surface area contributed by atoms with Gasteiger partial charge in [-0.25, -0.2) is 9.37 Å². The number of anilines is 1. The summed E-state index contributed by atoms with van der Waals surface area (Å²) in [6, 6.07) is 1.31. The molecule has 0 radical (unpaired) electrons. The summed E-state index contributed by atoms with van der Waals surface area (Å²) in [6.45, 7) is 0. The minimum absolute atomic E-state index is 0.677. The first-order valence-electron chi connectivity index (χ1n) is 3.45. The van der Waals surface area contributed by atoms with E-state index < -0.39 is 29.3 Å². The van der Waals surface area contributed by atoms with Gasteiger partial charge < -0.3 is 10.5 Å². The molecule has 80 valence electrons. The molecule has 4 nitrogen and oxygen atoms in total. The monoisotopic (exact) mass is 221 g/mol. The van der Waals surface area contributed by atoms with Crippen molar-refractivity contribution < 1.29 is 22.3 Å². The molecule has 1 aromatic heterocycles. The van der Waals surface area contributed by atoms with Gasteiger partial charge in [0.1, 0.15) is 11.6 Å². The van der Waals surface area contributed by atoms with Crippen molar-refractivity contribution in [2.45, 2.75) is 6.36 Å². The molecule has 0 saturated carbocycles. The molecule has 0 spiro atoms. The number of hydrogen-bond donors (Lipinski definition) is 1. The van der Waals surface area contributed by atoms with E-state index in [0.29, 0.717) is 6.20 Å². The number of ether oxygens (including phenoxy) is 1. The zero-order valence-electron chi connectivity index (χ0n) is 6.97. The average Bonchev–Trinajstić information content (AvgIpc) is 2.11. The highest BCUT2D eigenvalue weighted by atomic mass is 19.4. The van der Waals surface area contributed by atoms with Crippen molar-refractivity contribution >= 4 is 5.82 Å². The van der Waals surface area contributed by atoms with Gasteiger partial charge in [0, 0.05) is 0 Å². The lowest BCUT2D eigenvalue weighted by molar-refractivity contribution is -0.275. The van der Waals surface area contributed by atoms with Gasteiger partial charge in [-0.2, -0.15) is 5.26 Å². The molecule has 0 atom stereocenters. The summed E-state index contributed by atoms with van der Waals surface area (Å²) in [5, 5.41) is 8.32. The van der Waals surface area contributed by atoms with Gasteiger partial charge in [0.2, 0.25) is 5.75 Å². The highest BCUT2D eigenvalue weighted by molar-refractivity contribution is 5.51. The second-order valence-corrected chi connectivity index (χ2v) is 2.36. The zero-order chi connectivity index (χ0) is 11.6. The maximum Gasteiger partial charge on any atom is 0.573 e. The Labute approximate surface area is 80.9 Å². The summed E-state index contributed by atoms with van der Waals surface area (Å²) in [6.07, 6.45) is -4.38. The maximum atomic E-state index is 13.1. The van der Waals surface area contributed by atoms with E-state index in [2.05, 4.69) is 9.72 Å². The first-order valence-corrected chi connectivity index (χ1v) is 3.45. The fourth-order valence-corrected chi connectivity index (χ4v) is 0.775. The van der Waals surface area contributed by atoms with Crippen molar-refractivity contribution in [2.75, 3.05) is 5.73 Å². The minimum Gasteiger partial charge on any atom is -0.399 e. The molecule has 0 fully saturated rings. The molecule has 8 heteroatoms. The smallest absolute Gasteiger partial charge is 0.399 e. The van der Waals surface area contributed by atoms with Crippen molar-refractivity contribution in [3.8, 4) is 11.8 Å². The van der Waals surface area contributed by atoms with E-state index in [1.54, 1.807) is 0 Å². The number of alkyl halides is 3. The largest absolute Gasteiger partial charge is 0.573 e. The number of hydrogen-bond acceptors (Lipinski definition) is 4. The Kier molecular flexibility index (Phi) is 2.65. The number of rotatable bonds is 1. The summed E-state index contributed by atoms with van der Waals surface area (Å²) in [5.41, 5.74) is 4.29. The number of nitrogens with two attached hydrogens (primary N) is 1. The molecule has 0 aliphatic carbocycles. The second kappa shape index (κ2) is 3.61. The van der Waals surface area contributed by atoms with Crippen LogP contribution >= 0.6 is 0 Å². The van der Waals surface area contributed by atoms with Gasteiger partial charge in [0.05, 0.1) is 6.20 Å². The van der Waals surface area contributed by atoms with Crippen molar-refractivity contribution in [1.29, 1.82) is 5.26 Å². The first-order chi connectivity index (χ1) is 6.85. The Morgan fingerprint density at radius 2 is 2.07 bits per heavy atom. The summed E-state index contributed by atoms with van der Waals surface area (Å²) in [7, 11) is 0. The Morgan fingerprint density at radius 1 is 1.47 bits per heavy atom. The third-order valence-corrected chi connectivity index (χ3v) is 1.34. The van der Waals surface area contributed by atoms with E-state index in [-0.39, 0.29) is 0 Å². The van der Waals surface area contributed by atoms with Crippen LogP contribution in [0.25, 0.3) is 0 Å². The summed E-state index contributed by atoms with van der Waals surface area (Å²) in [5.74, 6) is -3.55. The zero-order valence-corrected chi connectivity index (χ0v) is 6.97. The van der Waals surface area contributed by atoms with Crippen LogP contribution in [0.4, 0.5) is 23.4 Å². The van der Waals surface area contributed by atoms with E-state index in [1.807, 2.05) is 0 Å². The predicted octanol–water partition coefficient (Wildman–Crippen LogP) is 1.57. The molecule has 1 rings (SSSR count). The first kappa shape index (κ1) is 11.0. The normalized spacial score (nSPS) is 10.9. The lowest BCUT2D eigenvalue weighted by Gasteiger charge is -2.11. The van der Waals surface area contributed by atoms with Crippen LogP contribution in [0.15, 0.2) is 6.20 Å². The Balaban J connectivity index is 3.23. The third-order valence-electron chi connectivity index (χ3n) is 1.34. The summed E-state index contributed by atoms with van der Waals surface area (Å²) < 4.78 is 51.7. The molecule has 1 aromatic rings. The van der Waals surface area contributed by atoms with E-state index in [9.17, 15) is 17.6 Å². The lowest BCUT2D eigenvalue weighted by Crippen LogP contribution is -2.19. The molecule has 0 bridgehead atoms. The highest BCUT2D eigenvalue weighted by Crippen LogP contribution is 2.30. The Bertz CT molecular complexity index is 423. The standard InChI is InChI=1S/C7H3F4N3O/c8-4-3(1-12)2-14-6(13)5(4)15-7(9,10)11/h2H,(H2,13,14). The number of nitriles is 1. The van der Waals surface area contributed by atoms with Gasteiger partial charge in [-0.15, -0.1) is 13.2 Å². The topological polar surface area (TPSA) is 71.9 Å². The van der Waals surface area contributed by atoms with Crippen LogP contribution in [0, 0.1) is 17.1 Å². The van der Waals surface area contributed by atoms with E-state index in [4.69, 9.17) is 11.0 Å². The lowest BCUT2D eigenvalue weighted by atomic mass is 10.3. The van der Waals surface area contributed by atoms with Gasteiger partial charge in [-0.05, 0) is 0 Å². The van der Waals surface area contributed by atoms with Gasteiger partial charge in [-0.3, -0.25) is 0 Å². The molecule has 2 N–H and O–H groups in total. The van der Waals surface area contributed by atoms with Crippen molar-refractivity contribution in [3.05, 3.63) is 17.6 Å². The van der Waals surface area contributed by atoms with Crippen molar-refractivity contribution in [2.24, 2.45) is 0 Å². The fourth-order valence-electron chi connectivity index (χ4n) is 0.775. The van der Waals surface area contributed by atoms with Crippen LogP contribution in [0.3, 0.4) is 0 Å². The average molecular weight is 221 g/mol. The molecule has 0 unspecified atom stereocenters. The number of pyridine rings is 1. The highest BCUT2D eigenvalue weighted by Gasteiger charge is 2.34. The van der Waals surface area contributed by atoms with Gasteiger partial charge in [-0.1, -0.05) is 0 Å². The van der Waals surface area contributed by atoms with Crippen LogP contribution in [-0.2, 0) is 0 Å². The molecular weight excluding hydrogens is 218 g/mol. The fraction of sp³-hybridized carbons (Fsp3) is 0.143. The van der Waals surface area contributed by atoms with E-state index in [0.717, 1.165) is 0 Å². The second-order valence-electron chi connectivity index (χ2n) is 2.36. The Hall–Kier alpha value is -2.04. The van der Waals surface area contributed by atoms with Crippen molar-refractivity contribution in [3.63, 3.8) is 0 Å². The van der Waals surface area contributed by atoms with E-state index in [1.165, 1.54) is 6.07 Å². The van der Waals surface area contributed by atoms with Crippen LogP contribution in [-0.4, -0.2) is 11.3 Å². The quantitative estimate of drug-likeness (QED) is 0.730.